The topological polar surface area (TPSA) is 56.0 Å². The Morgan fingerprint density at radius 1 is 1.12 bits per heavy atom. The first kappa shape index (κ1) is 19.5. The zero-order valence-electron chi connectivity index (χ0n) is 18.8. The highest BCUT2D eigenvalue weighted by Crippen LogP contribution is 2.38. The third-order valence-corrected chi connectivity index (χ3v) is 7.66. The Labute approximate surface area is 187 Å². The number of hydrogen-bond donors (Lipinski definition) is 0. The van der Waals surface area contributed by atoms with Crippen LogP contribution >= 0.6 is 0 Å². The lowest BCUT2D eigenvalue weighted by Crippen LogP contribution is -2.42. The van der Waals surface area contributed by atoms with Crippen LogP contribution in [0.4, 0.5) is 0 Å². The van der Waals surface area contributed by atoms with Gasteiger partial charge in [0.05, 0.1) is 16.7 Å². The minimum atomic E-state index is 0.149. The summed E-state index contributed by atoms with van der Waals surface area (Å²) in [6, 6.07) is 12.2. The first-order valence-electron chi connectivity index (χ1n) is 11.8. The first-order chi connectivity index (χ1) is 15.6. The Hall–Kier alpha value is -3.15. The van der Waals surface area contributed by atoms with Gasteiger partial charge >= 0.3 is 0 Å². The van der Waals surface area contributed by atoms with Crippen LogP contribution in [0, 0.1) is 11.8 Å². The molecule has 1 amide bonds. The molecule has 1 saturated carbocycles. The van der Waals surface area contributed by atoms with E-state index < -0.39 is 0 Å². The Morgan fingerprint density at radius 2 is 2.00 bits per heavy atom. The molecule has 6 rings (SSSR count). The smallest absolute Gasteiger partial charge is 0.253 e. The second-order valence-corrected chi connectivity index (χ2v) is 9.38. The fourth-order valence-electron chi connectivity index (χ4n) is 5.95. The van der Waals surface area contributed by atoms with Gasteiger partial charge in [0.1, 0.15) is 5.65 Å². The van der Waals surface area contributed by atoms with E-state index in [2.05, 4.69) is 38.1 Å². The largest absolute Gasteiger partial charge is 0.338 e. The van der Waals surface area contributed by atoms with Crippen LogP contribution in [0.15, 0.2) is 42.6 Å². The highest BCUT2D eigenvalue weighted by molar-refractivity contribution is 5.98. The summed E-state index contributed by atoms with van der Waals surface area (Å²) < 4.78 is 4.32. The Morgan fingerprint density at radius 3 is 2.88 bits per heavy atom. The number of likely N-dealkylation sites (tertiary alicyclic amines) is 1. The van der Waals surface area contributed by atoms with Crippen molar-refractivity contribution >= 4 is 28.0 Å². The molecule has 6 nitrogen and oxygen atoms in total. The minimum Gasteiger partial charge on any atom is -0.338 e. The van der Waals surface area contributed by atoms with E-state index in [4.69, 9.17) is 4.98 Å². The van der Waals surface area contributed by atoms with Crippen LogP contribution in [-0.2, 0) is 13.6 Å². The van der Waals surface area contributed by atoms with E-state index in [1.807, 2.05) is 37.5 Å². The SMILES string of the molecule is CCn1c(-c2nc3cc(C(=O)N4CC[C@@H]5CCC[C@@H]5C4)ccc3n2C)cc2cccnc21. The molecule has 6 heteroatoms. The second-order valence-electron chi connectivity index (χ2n) is 9.38. The van der Waals surface area contributed by atoms with Crippen LogP contribution in [0.25, 0.3) is 33.6 Å². The number of piperidine rings is 1. The Kier molecular flexibility index (Phi) is 4.56. The van der Waals surface area contributed by atoms with Gasteiger partial charge in [0.25, 0.3) is 5.91 Å². The number of imidazole rings is 1. The Bertz CT molecular complexity index is 1330. The molecule has 4 heterocycles. The average Bonchev–Trinajstić information content (AvgIpc) is 3.52. The van der Waals surface area contributed by atoms with Gasteiger partial charge in [0.15, 0.2) is 5.82 Å². The summed E-state index contributed by atoms with van der Waals surface area (Å²) in [6.45, 7) is 4.75. The number of aromatic nitrogens is 4. The number of benzene rings is 1. The van der Waals surface area contributed by atoms with Gasteiger partial charge in [-0.15, -0.1) is 0 Å². The molecule has 0 N–H and O–H groups in total. The molecule has 1 aliphatic carbocycles. The lowest BCUT2D eigenvalue weighted by Gasteiger charge is -2.35. The van der Waals surface area contributed by atoms with Crippen molar-refractivity contribution in [1.29, 1.82) is 0 Å². The molecular formula is C26H29N5O. The van der Waals surface area contributed by atoms with E-state index in [-0.39, 0.29) is 5.91 Å². The van der Waals surface area contributed by atoms with Crippen LogP contribution in [0.2, 0.25) is 0 Å². The number of hydrogen-bond acceptors (Lipinski definition) is 3. The summed E-state index contributed by atoms with van der Waals surface area (Å²) in [7, 11) is 2.04. The normalized spacial score (nSPS) is 20.9. The number of aryl methyl sites for hydroxylation is 2. The Balaban J connectivity index is 1.37. The zero-order chi connectivity index (χ0) is 21.8. The van der Waals surface area contributed by atoms with Crippen molar-refractivity contribution in [2.75, 3.05) is 13.1 Å². The summed E-state index contributed by atoms with van der Waals surface area (Å²) in [4.78, 5) is 24.9. The van der Waals surface area contributed by atoms with Crippen molar-refractivity contribution in [3.63, 3.8) is 0 Å². The number of amides is 1. The van der Waals surface area contributed by atoms with Crippen LogP contribution < -0.4 is 0 Å². The molecule has 164 valence electrons. The number of nitrogens with zero attached hydrogens (tertiary/aromatic N) is 5. The molecule has 0 bridgehead atoms. The molecular weight excluding hydrogens is 398 g/mol. The predicted molar refractivity (Wildman–Crippen MR) is 126 cm³/mol. The number of rotatable bonds is 3. The molecule has 0 unspecified atom stereocenters. The van der Waals surface area contributed by atoms with Crippen LogP contribution in [-0.4, -0.2) is 43.0 Å². The number of carbonyl (C=O) groups is 1. The highest BCUT2D eigenvalue weighted by Gasteiger charge is 2.34. The maximum absolute atomic E-state index is 13.3. The molecule has 0 spiro atoms. The van der Waals surface area contributed by atoms with Crippen molar-refractivity contribution in [2.24, 2.45) is 18.9 Å². The van der Waals surface area contributed by atoms with Gasteiger partial charge in [-0.3, -0.25) is 4.79 Å². The molecule has 1 aromatic carbocycles. The summed E-state index contributed by atoms with van der Waals surface area (Å²) in [5, 5.41) is 1.11. The standard InChI is InChI=1S/C26H29N5O/c1-3-31-23(15-18-8-5-12-27-24(18)31)25-28-21-14-19(9-10-22(21)29(25)2)26(32)30-13-11-17-6-4-7-20(17)16-30/h5,8-10,12,14-15,17,20H,3-4,6-7,11,13,16H2,1-2H3/t17-,20+/m0/s1. The molecule has 1 aliphatic heterocycles. The number of fused-ring (bicyclic) bond motifs is 3. The van der Waals surface area contributed by atoms with Crippen molar-refractivity contribution in [3.8, 4) is 11.5 Å². The van der Waals surface area contributed by atoms with Crippen LogP contribution in [0.5, 0.6) is 0 Å². The van der Waals surface area contributed by atoms with Crippen molar-refractivity contribution in [1.82, 2.24) is 24.0 Å². The number of carbonyl (C=O) groups excluding carboxylic acids is 1. The molecule has 2 atom stereocenters. The van der Waals surface area contributed by atoms with E-state index in [0.717, 1.165) is 71.1 Å². The predicted octanol–water partition coefficient (Wildman–Crippen LogP) is 4.87. The van der Waals surface area contributed by atoms with Crippen LogP contribution in [0.3, 0.4) is 0 Å². The summed E-state index contributed by atoms with van der Waals surface area (Å²) in [6.07, 6.45) is 6.93. The molecule has 32 heavy (non-hydrogen) atoms. The van der Waals surface area contributed by atoms with Crippen LogP contribution in [0.1, 0.15) is 43.0 Å². The van der Waals surface area contributed by atoms with E-state index in [1.165, 1.54) is 19.3 Å². The zero-order valence-corrected chi connectivity index (χ0v) is 18.8. The minimum absolute atomic E-state index is 0.149. The van der Waals surface area contributed by atoms with Crippen molar-refractivity contribution in [2.45, 2.75) is 39.2 Å². The lowest BCUT2D eigenvalue weighted by molar-refractivity contribution is 0.0627. The molecule has 2 fully saturated rings. The summed E-state index contributed by atoms with van der Waals surface area (Å²) in [5.41, 5.74) is 4.67. The van der Waals surface area contributed by atoms with E-state index in [9.17, 15) is 4.79 Å². The van der Waals surface area contributed by atoms with E-state index in [1.54, 1.807) is 0 Å². The quantitative estimate of drug-likeness (QED) is 0.469. The van der Waals surface area contributed by atoms with Gasteiger partial charge in [-0.25, -0.2) is 9.97 Å². The summed E-state index contributed by atoms with van der Waals surface area (Å²) >= 11 is 0. The van der Waals surface area contributed by atoms with Gasteiger partial charge in [-0.1, -0.05) is 12.8 Å². The third kappa shape index (κ3) is 2.96. The molecule has 3 aromatic heterocycles. The van der Waals surface area contributed by atoms with Gasteiger partial charge in [-0.2, -0.15) is 0 Å². The lowest BCUT2D eigenvalue weighted by atomic mass is 9.88. The van der Waals surface area contributed by atoms with E-state index >= 15 is 0 Å². The number of pyridine rings is 1. The van der Waals surface area contributed by atoms with Crippen molar-refractivity contribution < 1.29 is 4.79 Å². The van der Waals surface area contributed by atoms with Gasteiger partial charge in [-0.05, 0) is 68.0 Å². The molecule has 0 radical (unpaired) electrons. The molecule has 4 aromatic rings. The third-order valence-electron chi connectivity index (χ3n) is 7.66. The highest BCUT2D eigenvalue weighted by atomic mass is 16.2. The maximum Gasteiger partial charge on any atom is 0.253 e. The van der Waals surface area contributed by atoms with Crippen molar-refractivity contribution in [3.05, 3.63) is 48.2 Å². The maximum atomic E-state index is 13.3. The second kappa shape index (κ2) is 7.47. The van der Waals surface area contributed by atoms with Gasteiger partial charge < -0.3 is 14.0 Å². The average molecular weight is 428 g/mol. The fraction of sp³-hybridized carbons (Fsp3) is 0.423. The first-order valence-corrected chi connectivity index (χ1v) is 11.8. The van der Waals surface area contributed by atoms with E-state index in [0.29, 0.717) is 5.92 Å². The van der Waals surface area contributed by atoms with Gasteiger partial charge in [0.2, 0.25) is 0 Å². The summed E-state index contributed by atoms with van der Waals surface area (Å²) in [5.74, 6) is 2.58. The molecule has 2 aliphatic rings. The fourth-order valence-corrected chi connectivity index (χ4v) is 5.95. The molecule has 1 saturated heterocycles. The van der Waals surface area contributed by atoms with Gasteiger partial charge in [0, 0.05) is 43.8 Å². The monoisotopic (exact) mass is 427 g/mol.